The average molecular weight is 423 g/mol. The lowest BCUT2D eigenvalue weighted by atomic mass is 10.2. The van der Waals surface area contributed by atoms with E-state index in [0.29, 0.717) is 43.2 Å². The van der Waals surface area contributed by atoms with E-state index in [4.69, 9.17) is 4.74 Å². The van der Waals surface area contributed by atoms with Gasteiger partial charge in [0.2, 0.25) is 10.0 Å². The number of hydrogen-bond acceptors (Lipinski definition) is 7. The Kier molecular flexibility index (Phi) is 5.56. The Bertz CT molecular complexity index is 1000. The quantitative estimate of drug-likeness (QED) is 0.716. The third kappa shape index (κ3) is 4.27. The lowest BCUT2D eigenvalue weighted by molar-refractivity contribution is 0.0857. The number of carbonyl (C=O) groups excluding carboxylic acids is 1. The van der Waals surface area contributed by atoms with Gasteiger partial charge in [-0.05, 0) is 32.0 Å². The molecule has 2 saturated heterocycles. The first kappa shape index (κ1) is 20.2. The Hall–Kier alpha value is -2.08. The number of sulfonamides is 1. The maximum absolute atomic E-state index is 12.6. The predicted octanol–water partition coefficient (Wildman–Crippen LogP) is -0.114. The van der Waals surface area contributed by atoms with Crippen LogP contribution in [0.5, 0.6) is 0 Å². The molecule has 0 bridgehead atoms. The standard InChI is InChI=1S/C18H26N6O4S/c1-22-7-8-23(29(2,26)27)12-15(22)17-21-20-16-6-5-13(11-24(16)17)18(25)19-10-14-4-3-9-28-14/h5-6,11,14-15H,3-4,7-10,12H2,1-2H3,(H,19,25)/t14-,15-/m0/s1. The molecule has 2 aliphatic heterocycles. The number of piperazine rings is 1. The van der Waals surface area contributed by atoms with Crippen LogP contribution in [-0.4, -0.2) is 90.3 Å². The van der Waals surface area contributed by atoms with Crippen molar-refractivity contribution in [2.24, 2.45) is 0 Å². The minimum Gasteiger partial charge on any atom is -0.376 e. The second-order valence-corrected chi connectivity index (χ2v) is 9.65. The normalized spacial score (nSPS) is 24.2. The molecule has 29 heavy (non-hydrogen) atoms. The van der Waals surface area contributed by atoms with Crippen molar-refractivity contribution in [3.8, 4) is 0 Å². The van der Waals surface area contributed by atoms with E-state index in [1.54, 1.807) is 22.7 Å². The molecule has 10 nitrogen and oxygen atoms in total. The molecule has 2 atom stereocenters. The smallest absolute Gasteiger partial charge is 0.252 e. The summed E-state index contributed by atoms with van der Waals surface area (Å²) in [6.45, 7) is 2.57. The number of rotatable bonds is 5. The van der Waals surface area contributed by atoms with E-state index in [9.17, 15) is 13.2 Å². The minimum absolute atomic E-state index is 0.0750. The van der Waals surface area contributed by atoms with Crippen LogP contribution in [0.2, 0.25) is 0 Å². The first-order valence-corrected chi connectivity index (χ1v) is 11.6. The minimum atomic E-state index is -3.29. The van der Waals surface area contributed by atoms with E-state index in [2.05, 4.69) is 20.4 Å². The predicted molar refractivity (Wildman–Crippen MR) is 106 cm³/mol. The van der Waals surface area contributed by atoms with E-state index in [0.717, 1.165) is 19.4 Å². The van der Waals surface area contributed by atoms with Crippen LogP contribution in [0.3, 0.4) is 0 Å². The molecule has 2 aromatic rings. The zero-order valence-corrected chi connectivity index (χ0v) is 17.4. The van der Waals surface area contributed by atoms with Crippen LogP contribution in [0.1, 0.15) is 35.1 Å². The highest BCUT2D eigenvalue weighted by molar-refractivity contribution is 7.88. The first-order valence-electron chi connectivity index (χ1n) is 9.73. The molecule has 2 aromatic heterocycles. The molecular formula is C18H26N6O4S. The van der Waals surface area contributed by atoms with Crippen molar-refractivity contribution in [2.75, 3.05) is 46.1 Å². The van der Waals surface area contributed by atoms with Crippen molar-refractivity contribution >= 4 is 21.6 Å². The molecule has 0 saturated carbocycles. The number of aromatic nitrogens is 3. The maximum Gasteiger partial charge on any atom is 0.252 e. The summed E-state index contributed by atoms with van der Waals surface area (Å²) in [6, 6.07) is 3.21. The Labute approximate surface area is 169 Å². The molecule has 0 spiro atoms. The van der Waals surface area contributed by atoms with Gasteiger partial charge in [0.15, 0.2) is 11.5 Å². The highest BCUT2D eigenvalue weighted by atomic mass is 32.2. The van der Waals surface area contributed by atoms with Crippen molar-refractivity contribution in [3.63, 3.8) is 0 Å². The van der Waals surface area contributed by atoms with Crippen LogP contribution in [0.4, 0.5) is 0 Å². The van der Waals surface area contributed by atoms with E-state index in [1.807, 2.05) is 7.05 Å². The fourth-order valence-corrected chi connectivity index (χ4v) is 4.64. The monoisotopic (exact) mass is 422 g/mol. The zero-order valence-electron chi connectivity index (χ0n) is 16.6. The highest BCUT2D eigenvalue weighted by Crippen LogP contribution is 2.24. The van der Waals surface area contributed by atoms with Crippen LogP contribution in [-0.2, 0) is 14.8 Å². The molecule has 1 N–H and O–H groups in total. The van der Waals surface area contributed by atoms with Crippen molar-refractivity contribution in [2.45, 2.75) is 25.0 Å². The van der Waals surface area contributed by atoms with E-state index < -0.39 is 10.0 Å². The second kappa shape index (κ2) is 7.98. The fraction of sp³-hybridized carbons (Fsp3) is 0.611. The summed E-state index contributed by atoms with van der Waals surface area (Å²) < 4.78 is 32.8. The number of carbonyl (C=O) groups is 1. The van der Waals surface area contributed by atoms with Gasteiger partial charge in [0.1, 0.15) is 0 Å². The van der Waals surface area contributed by atoms with Gasteiger partial charge >= 0.3 is 0 Å². The van der Waals surface area contributed by atoms with Gasteiger partial charge in [0.25, 0.3) is 5.91 Å². The van der Waals surface area contributed by atoms with Gasteiger partial charge in [0.05, 0.1) is 24.0 Å². The molecule has 4 rings (SSSR count). The van der Waals surface area contributed by atoms with Gasteiger partial charge in [-0.25, -0.2) is 8.42 Å². The molecule has 158 valence electrons. The lowest BCUT2D eigenvalue weighted by Gasteiger charge is -2.37. The van der Waals surface area contributed by atoms with Gasteiger partial charge in [-0.3, -0.25) is 14.1 Å². The largest absolute Gasteiger partial charge is 0.376 e. The molecule has 4 heterocycles. The molecule has 11 heteroatoms. The van der Waals surface area contributed by atoms with Crippen molar-refractivity contribution < 1.29 is 17.9 Å². The van der Waals surface area contributed by atoms with Crippen molar-refractivity contribution in [1.82, 2.24) is 29.1 Å². The Morgan fingerprint density at radius 1 is 1.31 bits per heavy atom. The molecule has 1 amide bonds. The van der Waals surface area contributed by atoms with Crippen LogP contribution in [0, 0.1) is 0 Å². The molecule has 0 aromatic carbocycles. The SMILES string of the molecule is CN1CCN(S(C)(=O)=O)C[C@H]1c1nnc2ccc(C(=O)NC[C@@H]3CCCO3)cn12. The van der Waals surface area contributed by atoms with Crippen molar-refractivity contribution in [1.29, 1.82) is 0 Å². The van der Waals surface area contributed by atoms with Gasteiger partial charge in [0, 0.05) is 39.0 Å². The lowest BCUT2D eigenvalue weighted by Crippen LogP contribution is -2.49. The van der Waals surface area contributed by atoms with Crippen LogP contribution >= 0.6 is 0 Å². The maximum atomic E-state index is 12.6. The summed E-state index contributed by atoms with van der Waals surface area (Å²) in [6.07, 6.45) is 4.98. The number of nitrogens with one attached hydrogen (secondary N) is 1. The Morgan fingerprint density at radius 2 is 2.14 bits per heavy atom. The van der Waals surface area contributed by atoms with E-state index in [-0.39, 0.29) is 18.1 Å². The van der Waals surface area contributed by atoms with Gasteiger partial charge < -0.3 is 10.1 Å². The average Bonchev–Trinajstić information content (AvgIpc) is 3.35. The summed E-state index contributed by atoms with van der Waals surface area (Å²) in [5.41, 5.74) is 1.11. The summed E-state index contributed by atoms with van der Waals surface area (Å²) in [7, 11) is -1.36. The molecule has 2 fully saturated rings. The molecule has 0 unspecified atom stereocenters. The van der Waals surface area contributed by atoms with Crippen LogP contribution in [0.25, 0.3) is 5.65 Å². The number of fused-ring (bicyclic) bond motifs is 1. The van der Waals surface area contributed by atoms with E-state index in [1.165, 1.54) is 10.6 Å². The number of likely N-dealkylation sites (N-methyl/N-ethyl adjacent to an activating group) is 1. The Balaban J connectivity index is 1.57. The zero-order chi connectivity index (χ0) is 20.6. The van der Waals surface area contributed by atoms with Gasteiger partial charge in [-0.1, -0.05) is 0 Å². The molecule has 2 aliphatic rings. The molecule has 0 radical (unpaired) electrons. The van der Waals surface area contributed by atoms with E-state index >= 15 is 0 Å². The number of nitrogens with zero attached hydrogens (tertiary/aromatic N) is 5. The summed E-state index contributed by atoms with van der Waals surface area (Å²) >= 11 is 0. The number of pyridine rings is 1. The number of hydrogen-bond donors (Lipinski definition) is 1. The van der Waals surface area contributed by atoms with Crippen LogP contribution in [0.15, 0.2) is 18.3 Å². The van der Waals surface area contributed by atoms with Crippen molar-refractivity contribution in [3.05, 3.63) is 29.7 Å². The second-order valence-electron chi connectivity index (χ2n) is 7.67. The fourth-order valence-electron chi connectivity index (χ4n) is 3.81. The van der Waals surface area contributed by atoms with Crippen LogP contribution < -0.4 is 5.32 Å². The summed E-state index contributed by atoms with van der Waals surface area (Å²) in [4.78, 5) is 14.6. The topological polar surface area (TPSA) is 109 Å². The first-order chi connectivity index (χ1) is 13.8. The third-order valence-corrected chi connectivity index (χ3v) is 6.85. The summed E-state index contributed by atoms with van der Waals surface area (Å²) in [5, 5.41) is 11.4. The number of amides is 1. The van der Waals surface area contributed by atoms with Gasteiger partial charge in [-0.15, -0.1) is 10.2 Å². The molecule has 0 aliphatic carbocycles. The number of ether oxygens (including phenoxy) is 1. The molecular weight excluding hydrogens is 396 g/mol. The van der Waals surface area contributed by atoms with Gasteiger partial charge in [-0.2, -0.15) is 4.31 Å². The highest BCUT2D eigenvalue weighted by Gasteiger charge is 2.33. The summed E-state index contributed by atoms with van der Waals surface area (Å²) in [5.74, 6) is 0.432. The Morgan fingerprint density at radius 3 is 2.86 bits per heavy atom. The third-order valence-electron chi connectivity index (χ3n) is 5.58.